The van der Waals surface area contributed by atoms with Gasteiger partial charge in [-0.25, -0.2) is 0 Å². The predicted octanol–water partition coefficient (Wildman–Crippen LogP) is 0.435. The molecule has 0 unspecified atom stereocenters. The predicted molar refractivity (Wildman–Crippen MR) is 37.4 cm³/mol. The molecule has 11 heavy (non-hydrogen) atoms. The summed E-state index contributed by atoms with van der Waals surface area (Å²) in [4.78, 5) is 0. The molecule has 4 nitrogen and oxygen atoms in total. The van der Waals surface area contributed by atoms with Gasteiger partial charge < -0.3 is 9.52 Å². The normalized spacial score (nSPS) is 11.9. The lowest BCUT2D eigenvalue weighted by Crippen LogP contribution is -1.93. The maximum absolute atomic E-state index is 9.16. The monoisotopic (exact) mass is 152 g/mol. The van der Waals surface area contributed by atoms with Crippen LogP contribution in [0.3, 0.4) is 0 Å². The van der Waals surface area contributed by atoms with Crippen molar-refractivity contribution < 1.29 is 9.52 Å². The average molecular weight is 152 g/mol. The quantitative estimate of drug-likeness (QED) is 0.593. The summed E-state index contributed by atoms with van der Waals surface area (Å²) in [7, 11) is 0. The van der Waals surface area contributed by atoms with Gasteiger partial charge in [0, 0.05) is 6.92 Å². The lowest BCUT2D eigenvalue weighted by atomic mass is 10.3. The van der Waals surface area contributed by atoms with Gasteiger partial charge in [-0.05, 0) is 6.92 Å². The highest BCUT2D eigenvalue weighted by molar-refractivity contribution is 5.07. The summed E-state index contributed by atoms with van der Waals surface area (Å²) >= 11 is 0. The molecule has 1 aromatic heterocycles. The molecule has 1 aromatic rings. The van der Waals surface area contributed by atoms with E-state index in [1.807, 2.05) is 0 Å². The van der Waals surface area contributed by atoms with Gasteiger partial charge >= 0.3 is 0 Å². The van der Waals surface area contributed by atoms with E-state index in [0.29, 0.717) is 5.89 Å². The molecule has 1 rings (SSSR count). The van der Waals surface area contributed by atoms with E-state index in [-0.39, 0.29) is 5.89 Å². The fraction of sp³-hybridized carbons (Fsp3) is 0.429. The molecule has 58 valence electrons. The van der Waals surface area contributed by atoms with Gasteiger partial charge in [-0.3, -0.25) is 0 Å². The van der Waals surface area contributed by atoms with Crippen molar-refractivity contribution in [3.63, 3.8) is 0 Å². The Balaban J connectivity index is 2.81. The summed E-state index contributed by atoms with van der Waals surface area (Å²) in [5, 5.41) is 16.3. The summed E-state index contributed by atoms with van der Waals surface area (Å²) in [5.74, 6) is 5.61. The molecule has 4 heteroatoms. The minimum Gasteiger partial charge on any atom is -0.422 e. The second kappa shape index (κ2) is 3.17. The standard InChI is InChI=1S/C7H8N2O2/c1-3-4-6(10)7-9-8-5(2)11-7/h6,10H,1-2H3/t6-/m1/s1. The molecule has 1 atom stereocenters. The zero-order valence-corrected chi connectivity index (χ0v) is 6.33. The molecule has 0 aliphatic rings. The van der Waals surface area contributed by atoms with Crippen molar-refractivity contribution in [1.29, 1.82) is 0 Å². The zero-order valence-electron chi connectivity index (χ0n) is 6.33. The van der Waals surface area contributed by atoms with Crippen LogP contribution in [0.15, 0.2) is 4.42 Å². The van der Waals surface area contributed by atoms with Gasteiger partial charge in [0.05, 0.1) is 0 Å². The van der Waals surface area contributed by atoms with E-state index in [9.17, 15) is 0 Å². The van der Waals surface area contributed by atoms with E-state index in [1.165, 1.54) is 0 Å². The third-order valence-electron chi connectivity index (χ3n) is 1.06. The molecule has 0 aromatic carbocycles. The second-order valence-electron chi connectivity index (χ2n) is 1.96. The van der Waals surface area contributed by atoms with Crippen LogP contribution in [0, 0.1) is 18.8 Å². The van der Waals surface area contributed by atoms with E-state index in [0.717, 1.165) is 0 Å². The SMILES string of the molecule is CC#C[C@@H](O)c1nnc(C)o1. The van der Waals surface area contributed by atoms with Crippen LogP contribution in [0.1, 0.15) is 24.8 Å². The van der Waals surface area contributed by atoms with Crippen LogP contribution in [-0.4, -0.2) is 15.3 Å². The number of aryl methyl sites for hydroxylation is 1. The summed E-state index contributed by atoms with van der Waals surface area (Å²) in [5.41, 5.74) is 0. The highest BCUT2D eigenvalue weighted by atomic mass is 16.4. The third kappa shape index (κ3) is 1.79. The Labute approximate surface area is 64.3 Å². The second-order valence-corrected chi connectivity index (χ2v) is 1.96. The van der Waals surface area contributed by atoms with Crippen LogP contribution in [0.5, 0.6) is 0 Å². The topological polar surface area (TPSA) is 59.2 Å². The Bertz CT molecular complexity index is 295. The molecule has 0 spiro atoms. The molecule has 1 heterocycles. The number of aromatic nitrogens is 2. The van der Waals surface area contributed by atoms with E-state index in [2.05, 4.69) is 22.0 Å². The van der Waals surface area contributed by atoms with Crippen molar-refractivity contribution in [3.05, 3.63) is 11.8 Å². The molecular weight excluding hydrogens is 144 g/mol. The third-order valence-corrected chi connectivity index (χ3v) is 1.06. The molecule has 0 saturated heterocycles. The minimum absolute atomic E-state index is 0.150. The smallest absolute Gasteiger partial charge is 0.257 e. The number of hydrogen-bond acceptors (Lipinski definition) is 4. The molecule has 0 fully saturated rings. The lowest BCUT2D eigenvalue weighted by molar-refractivity contribution is 0.197. The molecule has 0 amide bonds. The number of aliphatic hydroxyl groups is 1. The Hall–Kier alpha value is -1.34. The molecule has 0 radical (unpaired) electrons. The number of nitrogens with zero attached hydrogens (tertiary/aromatic N) is 2. The van der Waals surface area contributed by atoms with Crippen LogP contribution in [0.25, 0.3) is 0 Å². The minimum atomic E-state index is -0.957. The van der Waals surface area contributed by atoms with Crippen molar-refractivity contribution in [2.24, 2.45) is 0 Å². The first-order valence-electron chi connectivity index (χ1n) is 3.14. The Morgan fingerprint density at radius 2 is 2.27 bits per heavy atom. The van der Waals surface area contributed by atoms with Crippen molar-refractivity contribution >= 4 is 0 Å². The van der Waals surface area contributed by atoms with E-state index in [1.54, 1.807) is 13.8 Å². The fourth-order valence-corrected chi connectivity index (χ4v) is 0.621. The lowest BCUT2D eigenvalue weighted by Gasteiger charge is -1.92. The summed E-state index contributed by atoms with van der Waals surface area (Å²) in [6.45, 7) is 3.29. The van der Waals surface area contributed by atoms with Crippen LogP contribution in [0.2, 0.25) is 0 Å². The van der Waals surface area contributed by atoms with Crippen LogP contribution < -0.4 is 0 Å². The highest BCUT2D eigenvalue weighted by Crippen LogP contribution is 2.08. The van der Waals surface area contributed by atoms with E-state index < -0.39 is 6.10 Å². The zero-order chi connectivity index (χ0) is 8.27. The van der Waals surface area contributed by atoms with Crippen molar-refractivity contribution in [3.8, 4) is 11.8 Å². The maximum Gasteiger partial charge on any atom is 0.257 e. The van der Waals surface area contributed by atoms with Crippen molar-refractivity contribution in [2.45, 2.75) is 20.0 Å². The Morgan fingerprint density at radius 1 is 1.55 bits per heavy atom. The number of aliphatic hydroxyl groups excluding tert-OH is 1. The van der Waals surface area contributed by atoms with Crippen LogP contribution in [0.4, 0.5) is 0 Å². The maximum atomic E-state index is 9.16. The van der Waals surface area contributed by atoms with E-state index >= 15 is 0 Å². The summed E-state index contributed by atoms with van der Waals surface area (Å²) in [6, 6.07) is 0. The van der Waals surface area contributed by atoms with Crippen LogP contribution >= 0.6 is 0 Å². The highest BCUT2D eigenvalue weighted by Gasteiger charge is 2.10. The van der Waals surface area contributed by atoms with Gasteiger partial charge in [0.1, 0.15) is 0 Å². The Morgan fingerprint density at radius 3 is 2.73 bits per heavy atom. The first-order valence-corrected chi connectivity index (χ1v) is 3.14. The van der Waals surface area contributed by atoms with Gasteiger partial charge in [-0.15, -0.1) is 16.1 Å². The average Bonchev–Trinajstić information content (AvgIpc) is 2.36. The van der Waals surface area contributed by atoms with Gasteiger partial charge in [-0.2, -0.15) is 0 Å². The van der Waals surface area contributed by atoms with Gasteiger partial charge in [-0.1, -0.05) is 5.92 Å². The molecular formula is C7H8N2O2. The van der Waals surface area contributed by atoms with Gasteiger partial charge in [0.15, 0.2) is 6.10 Å². The van der Waals surface area contributed by atoms with Crippen LogP contribution in [-0.2, 0) is 0 Å². The van der Waals surface area contributed by atoms with E-state index in [4.69, 9.17) is 9.52 Å². The molecule has 0 bridgehead atoms. The number of hydrogen-bond donors (Lipinski definition) is 1. The number of rotatable bonds is 1. The summed E-state index contributed by atoms with van der Waals surface area (Å²) in [6.07, 6.45) is -0.957. The molecule has 0 saturated carbocycles. The first kappa shape index (κ1) is 7.76. The van der Waals surface area contributed by atoms with Crippen molar-refractivity contribution in [1.82, 2.24) is 10.2 Å². The van der Waals surface area contributed by atoms with Gasteiger partial charge in [0.25, 0.3) is 5.89 Å². The molecule has 1 N–H and O–H groups in total. The molecule has 0 aliphatic carbocycles. The largest absolute Gasteiger partial charge is 0.422 e. The molecule has 0 aliphatic heterocycles. The summed E-state index contributed by atoms with van der Waals surface area (Å²) < 4.78 is 4.92. The van der Waals surface area contributed by atoms with Crippen molar-refractivity contribution in [2.75, 3.05) is 0 Å². The Kier molecular flexibility index (Phi) is 2.24. The fourth-order valence-electron chi connectivity index (χ4n) is 0.621. The first-order chi connectivity index (χ1) is 5.24. The van der Waals surface area contributed by atoms with Gasteiger partial charge in [0.2, 0.25) is 5.89 Å².